The van der Waals surface area contributed by atoms with E-state index in [0.29, 0.717) is 0 Å². The Hall–Kier alpha value is 0.430. The lowest BCUT2D eigenvalue weighted by molar-refractivity contribution is 0.651. The number of hydrogen-bond donors (Lipinski definition) is 1. The third-order valence-electron chi connectivity index (χ3n) is 2.61. The molecule has 1 aromatic heterocycles. The van der Waals surface area contributed by atoms with Crippen LogP contribution >= 0.6 is 38.9 Å². The average Bonchev–Trinajstić information content (AvgIpc) is 2.85. The summed E-state index contributed by atoms with van der Waals surface area (Å²) in [4.78, 5) is 1.43. The van der Waals surface area contributed by atoms with Crippen LogP contribution in [0.3, 0.4) is 0 Å². The second-order valence-corrected chi connectivity index (χ2v) is 6.22. The van der Waals surface area contributed by atoms with E-state index >= 15 is 0 Å². The molecule has 2 rings (SSSR count). The minimum absolute atomic E-state index is 0.753. The molecule has 0 bridgehead atoms. The predicted molar refractivity (Wildman–Crippen MR) is 66.4 cm³/mol. The Morgan fingerprint density at radius 1 is 1.71 bits per heavy atom. The van der Waals surface area contributed by atoms with Crippen molar-refractivity contribution in [2.45, 2.75) is 19.3 Å². The van der Waals surface area contributed by atoms with Crippen molar-refractivity contribution in [1.29, 1.82) is 0 Å². The minimum atomic E-state index is 0.753. The summed E-state index contributed by atoms with van der Waals surface area (Å²) in [5.41, 5.74) is 0. The van der Waals surface area contributed by atoms with Crippen LogP contribution in [0.25, 0.3) is 0 Å². The highest BCUT2D eigenvalue weighted by Crippen LogP contribution is 2.51. The summed E-state index contributed by atoms with van der Waals surface area (Å²) >= 11 is 11.2. The fourth-order valence-corrected chi connectivity index (χ4v) is 3.64. The molecule has 1 aliphatic carbocycles. The van der Waals surface area contributed by atoms with Crippen LogP contribution in [0.2, 0.25) is 4.34 Å². The highest BCUT2D eigenvalue weighted by Gasteiger charge is 2.38. The van der Waals surface area contributed by atoms with Gasteiger partial charge in [-0.25, -0.2) is 0 Å². The molecule has 2 atom stereocenters. The molecule has 0 aliphatic heterocycles. The first-order valence-electron chi connectivity index (χ1n) is 4.87. The number of thiophene rings is 1. The summed E-state index contributed by atoms with van der Waals surface area (Å²) in [6.07, 6.45) is 1.32. The van der Waals surface area contributed by atoms with E-state index < -0.39 is 0 Å². The zero-order valence-corrected chi connectivity index (χ0v) is 11.2. The topological polar surface area (TPSA) is 12.0 Å². The largest absolute Gasteiger partial charge is 0.317 e. The molecule has 14 heavy (non-hydrogen) atoms. The molecular formula is C10H13BrClNS. The Bertz CT molecular complexity index is 306. The van der Waals surface area contributed by atoms with E-state index in [2.05, 4.69) is 34.2 Å². The lowest BCUT2D eigenvalue weighted by atomic mass is 10.2. The van der Waals surface area contributed by atoms with Crippen LogP contribution in [0.15, 0.2) is 10.5 Å². The van der Waals surface area contributed by atoms with Crippen LogP contribution in [0.1, 0.15) is 24.1 Å². The van der Waals surface area contributed by atoms with Crippen molar-refractivity contribution in [3.8, 4) is 0 Å². The van der Waals surface area contributed by atoms with Crippen LogP contribution in [-0.2, 0) is 0 Å². The SMILES string of the molecule is CCNCC1CC1c1cc(Br)c(Cl)s1. The second-order valence-electron chi connectivity index (χ2n) is 3.68. The fraction of sp³-hybridized carbons (Fsp3) is 0.600. The molecule has 78 valence electrons. The zero-order valence-electron chi connectivity index (χ0n) is 8.02. The predicted octanol–water partition coefficient (Wildman–Crippen LogP) is 3.88. The first-order valence-corrected chi connectivity index (χ1v) is 6.86. The third-order valence-corrected chi connectivity index (χ3v) is 5.22. The van der Waals surface area contributed by atoms with Crippen LogP contribution in [0, 0.1) is 5.92 Å². The first-order chi connectivity index (χ1) is 6.72. The van der Waals surface area contributed by atoms with Gasteiger partial charge in [0.15, 0.2) is 0 Å². The van der Waals surface area contributed by atoms with E-state index in [9.17, 15) is 0 Å². The lowest BCUT2D eigenvalue weighted by Crippen LogP contribution is -2.15. The summed E-state index contributed by atoms with van der Waals surface area (Å²) in [6.45, 7) is 4.36. The summed E-state index contributed by atoms with van der Waals surface area (Å²) in [5, 5.41) is 3.39. The molecule has 2 unspecified atom stereocenters. The van der Waals surface area contributed by atoms with Crippen molar-refractivity contribution < 1.29 is 0 Å². The van der Waals surface area contributed by atoms with Crippen LogP contribution in [-0.4, -0.2) is 13.1 Å². The molecule has 0 saturated heterocycles. The van der Waals surface area contributed by atoms with Crippen molar-refractivity contribution in [3.63, 3.8) is 0 Å². The Kier molecular flexibility index (Phi) is 3.53. The van der Waals surface area contributed by atoms with E-state index in [4.69, 9.17) is 11.6 Å². The Morgan fingerprint density at radius 3 is 3.07 bits per heavy atom. The molecular weight excluding hydrogens is 282 g/mol. The molecule has 1 nitrogen and oxygen atoms in total. The van der Waals surface area contributed by atoms with Crippen LogP contribution in [0.5, 0.6) is 0 Å². The lowest BCUT2D eigenvalue weighted by Gasteiger charge is -1.98. The highest BCUT2D eigenvalue weighted by atomic mass is 79.9. The Morgan fingerprint density at radius 2 is 2.50 bits per heavy atom. The molecule has 0 aromatic carbocycles. The van der Waals surface area contributed by atoms with Gasteiger partial charge in [0.2, 0.25) is 0 Å². The summed E-state index contributed by atoms with van der Waals surface area (Å²) < 4.78 is 1.93. The third kappa shape index (κ3) is 2.32. The molecule has 0 radical (unpaired) electrons. The highest BCUT2D eigenvalue weighted by molar-refractivity contribution is 9.10. The van der Waals surface area contributed by atoms with Gasteiger partial charge in [-0.3, -0.25) is 0 Å². The van der Waals surface area contributed by atoms with Gasteiger partial charge in [-0.1, -0.05) is 18.5 Å². The maximum absolute atomic E-state index is 6.01. The molecule has 4 heteroatoms. The van der Waals surface area contributed by atoms with E-state index in [-0.39, 0.29) is 0 Å². The minimum Gasteiger partial charge on any atom is -0.317 e. The van der Waals surface area contributed by atoms with Crippen molar-refractivity contribution in [2.24, 2.45) is 5.92 Å². The Labute approximate surface area is 102 Å². The monoisotopic (exact) mass is 293 g/mol. The normalized spacial score (nSPS) is 25.4. The van der Waals surface area contributed by atoms with E-state index in [1.54, 1.807) is 11.3 Å². The number of nitrogens with one attached hydrogen (secondary N) is 1. The summed E-state index contributed by atoms with van der Waals surface area (Å²) in [5.74, 6) is 1.58. The van der Waals surface area contributed by atoms with E-state index in [0.717, 1.165) is 33.7 Å². The molecule has 0 spiro atoms. The number of hydrogen-bond acceptors (Lipinski definition) is 2. The average molecular weight is 295 g/mol. The zero-order chi connectivity index (χ0) is 10.1. The van der Waals surface area contributed by atoms with Gasteiger partial charge in [-0.05, 0) is 53.3 Å². The van der Waals surface area contributed by atoms with Gasteiger partial charge in [0.05, 0.1) is 0 Å². The molecule has 1 aromatic rings. The maximum atomic E-state index is 6.01. The fourth-order valence-electron chi connectivity index (χ4n) is 1.70. The van der Waals surface area contributed by atoms with Gasteiger partial charge in [-0.15, -0.1) is 11.3 Å². The van der Waals surface area contributed by atoms with E-state index in [1.807, 2.05) is 0 Å². The molecule has 1 fully saturated rings. The van der Waals surface area contributed by atoms with Gasteiger partial charge >= 0.3 is 0 Å². The second kappa shape index (κ2) is 4.52. The van der Waals surface area contributed by atoms with Crippen molar-refractivity contribution in [3.05, 3.63) is 19.8 Å². The summed E-state index contributed by atoms with van der Waals surface area (Å²) in [6, 6.07) is 2.17. The van der Waals surface area contributed by atoms with Crippen LogP contribution in [0.4, 0.5) is 0 Å². The smallest absolute Gasteiger partial charge is 0.107 e. The quantitative estimate of drug-likeness (QED) is 0.889. The molecule has 1 saturated carbocycles. The van der Waals surface area contributed by atoms with Gasteiger partial charge in [0, 0.05) is 9.35 Å². The maximum Gasteiger partial charge on any atom is 0.107 e. The van der Waals surface area contributed by atoms with Crippen molar-refractivity contribution in [1.82, 2.24) is 5.32 Å². The summed E-state index contributed by atoms with van der Waals surface area (Å²) in [7, 11) is 0. The van der Waals surface area contributed by atoms with Gasteiger partial charge in [0.25, 0.3) is 0 Å². The van der Waals surface area contributed by atoms with E-state index in [1.165, 1.54) is 11.3 Å². The molecule has 1 heterocycles. The van der Waals surface area contributed by atoms with Gasteiger partial charge in [0.1, 0.15) is 4.34 Å². The van der Waals surface area contributed by atoms with Crippen LogP contribution < -0.4 is 5.32 Å². The number of rotatable bonds is 4. The van der Waals surface area contributed by atoms with Gasteiger partial charge < -0.3 is 5.32 Å². The molecule has 1 N–H and O–H groups in total. The van der Waals surface area contributed by atoms with Crippen molar-refractivity contribution >= 4 is 38.9 Å². The number of halogens is 2. The molecule has 1 aliphatic rings. The molecule has 0 amide bonds. The van der Waals surface area contributed by atoms with Crippen molar-refractivity contribution in [2.75, 3.05) is 13.1 Å². The van der Waals surface area contributed by atoms with Gasteiger partial charge in [-0.2, -0.15) is 0 Å². The Balaban J connectivity index is 1.92. The first kappa shape index (κ1) is 10.9. The standard InChI is InChI=1S/C10H13BrClNS/c1-2-13-5-6-3-7(6)9-4-8(11)10(12)14-9/h4,6-7,13H,2-3,5H2,1H3.